The minimum atomic E-state index is 0.0384. The molecule has 0 radical (unpaired) electrons. The van der Waals surface area contributed by atoms with Crippen molar-refractivity contribution in [2.75, 3.05) is 20.1 Å². The lowest BCUT2D eigenvalue weighted by atomic mass is 9.90. The third-order valence-electron chi connectivity index (χ3n) is 4.69. The molecule has 0 saturated carbocycles. The van der Waals surface area contributed by atoms with Crippen molar-refractivity contribution in [3.63, 3.8) is 0 Å². The van der Waals surface area contributed by atoms with Gasteiger partial charge in [0.1, 0.15) is 0 Å². The summed E-state index contributed by atoms with van der Waals surface area (Å²) < 4.78 is 0. The second-order valence-corrected chi connectivity index (χ2v) is 6.67. The molecule has 0 saturated heterocycles. The van der Waals surface area contributed by atoms with Crippen molar-refractivity contribution < 1.29 is 4.79 Å². The minimum Gasteiger partial charge on any atom is -0.351 e. The second-order valence-electron chi connectivity index (χ2n) is 6.67. The monoisotopic (exact) mass is 322 g/mol. The van der Waals surface area contributed by atoms with E-state index in [0.717, 1.165) is 31.5 Å². The van der Waals surface area contributed by atoms with Gasteiger partial charge >= 0.3 is 0 Å². The first kappa shape index (κ1) is 16.7. The highest BCUT2D eigenvalue weighted by molar-refractivity contribution is 5.94. The minimum absolute atomic E-state index is 0.0384. The lowest BCUT2D eigenvalue weighted by Gasteiger charge is -2.18. The zero-order valence-corrected chi connectivity index (χ0v) is 14.4. The van der Waals surface area contributed by atoms with E-state index in [1.165, 1.54) is 29.5 Å². The summed E-state index contributed by atoms with van der Waals surface area (Å²) in [7, 11) is 2.08. The van der Waals surface area contributed by atoms with Gasteiger partial charge in [-0.25, -0.2) is 0 Å². The zero-order chi connectivity index (χ0) is 16.8. The maximum atomic E-state index is 12.3. The lowest BCUT2D eigenvalue weighted by molar-refractivity contribution is 0.0949. The molecule has 0 heterocycles. The van der Waals surface area contributed by atoms with Gasteiger partial charge in [-0.3, -0.25) is 4.79 Å². The topological polar surface area (TPSA) is 32.3 Å². The molecule has 3 rings (SSSR count). The molecule has 1 aliphatic rings. The van der Waals surface area contributed by atoms with Crippen LogP contribution < -0.4 is 5.32 Å². The molecule has 0 unspecified atom stereocenters. The number of fused-ring (bicyclic) bond motifs is 1. The maximum absolute atomic E-state index is 12.3. The lowest BCUT2D eigenvalue weighted by Crippen LogP contribution is -2.32. The Morgan fingerprint density at radius 2 is 1.79 bits per heavy atom. The normalized spacial score (nSPS) is 13.6. The molecule has 0 fully saturated rings. The van der Waals surface area contributed by atoms with Crippen LogP contribution in [0.1, 0.15) is 39.9 Å². The van der Waals surface area contributed by atoms with Gasteiger partial charge in [0, 0.05) is 25.2 Å². The van der Waals surface area contributed by atoms with E-state index in [4.69, 9.17) is 0 Å². The number of benzene rings is 2. The number of hydrogen-bond acceptors (Lipinski definition) is 2. The number of rotatable bonds is 6. The van der Waals surface area contributed by atoms with Crippen molar-refractivity contribution in [1.29, 1.82) is 0 Å². The van der Waals surface area contributed by atoms with Crippen LogP contribution in [0.5, 0.6) is 0 Å². The fourth-order valence-corrected chi connectivity index (χ4v) is 3.31. The van der Waals surface area contributed by atoms with Crippen LogP contribution in [0.15, 0.2) is 48.5 Å². The van der Waals surface area contributed by atoms with Gasteiger partial charge in [-0.1, -0.05) is 36.4 Å². The summed E-state index contributed by atoms with van der Waals surface area (Å²) in [5, 5.41) is 3.04. The van der Waals surface area contributed by atoms with Crippen LogP contribution in [-0.4, -0.2) is 30.9 Å². The summed E-state index contributed by atoms with van der Waals surface area (Å²) in [4.78, 5) is 14.6. The molecule has 126 valence electrons. The van der Waals surface area contributed by atoms with Crippen LogP contribution >= 0.6 is 0 Å². The fourth-order valence-electron chi connectivity index (χ4n) is 3.31. The molecule has 2 aromatic carbocycles. The largest absolute Gasteiger partial charge is 0.351 e. The first-order chi connectivity index (χ1) is 11.7. The number of hydrogen-bond donors (Lipinski definition) is 1. The zero-order valence-electron chi connectivity index (χ0n) is 14.4. The van der Waals surface area contributed by atoms with Gasteiger partial charge in [-0.2, -0.15) is 0 Å². The summed E-state index contributed by atoms with van der Waals surface area (Å²) in [6, 6.07) is 16.6. The number of aryl methyl sites for hydroxylation is 2. The third-order valence-corrected chi connectivity index (χ3v) is 4.69. The standard InChI is InChI=1S/C21H26N2O/c1-23(16-17-7-3-2-4-8-17)14-13-22-21(24)20-12-11-18-9-5-6-10-19(18)15-20/h2-4,7-8,11-12,15H,5-6,9-10,13-14,16H2,1H3,(H,22,24). The van der Waals surface area contributed by atoms with E-state index < -0.39 is 0 Å². The number of carbonyl (C=O) groups excluding carboxylic acids is 1. The van der Waals surface area contributed by atoms with Crippen LogP contribution in [0.25, 0.3) is 0 Å². The summed E-state index contributed by atoms with van der Waals surface area (Å²) in [5.41, 5.74) is 4.86. The Kier molecular flexibility index (Phi) is 5.65. The van der Waals surface area contributed by atoms with E-state index in [0.29, 0.717) is 6.54 Å². The fraction of sp³-hybridized carbons (Fsp3) is 0.381. The van der Waals surface area contributed by atoms with Crippen molar-refractivity contribution in [1.82, 2.24) is 10.2 Å². The van der Waals surface area contributed by atoms with E-state index in [9.17, 15) is 4.79 Å². The Bertz CT molecular complexity index is 681. The van der Waals surface area contributed by atoms with Gasteiger partial charge in [0.2, 0.25) is 0 Å². The van der Waals surface area contributed by atoms with Crippen molar-refractivity contribution >= 4 is 5.91 Å². The van der Waals surface area contributed by atoms with Gasteiger partial charge < -0.3 is 10.2 Å². The highest BCUT2D eigenvalue weighted by Gasteiger charge is 2.12. The van der Waals surface area contributed by atoms with Gasteiger partial charge in [0.05, 0.1) is 0 Å². The summed E-state index contributed by atoms with van der Waals surface area (Å²) in [6.45, 7) is 2.40. The number of nitrogens with one attached hydrogen (secondary N) is 1. The number of likely N-dealkylation sites (N-methyl/N-ethyl adjacent to an activating group) is 1. The predicted molar refractivity (Wildman–Crippen MR) is 98.2 cm³/mol. The van der Waals surface area contributed by atoms with Crippen molar-refractivity contribution in [2.45, 2.75) is 32.2 Å². The molecule has 3 heteroatoms. The molecule has 1 aliphatic carbocycles. The average molecular weight is 322 g/mol. The Labute approximate surface area is 144 Å². The highest BCUT2D eigenvalue weighted by Crippen LogP contribution is 2.22. The highest BCUT2D eigenvalue weighted by atomic mass is 16.1. The van der Waals surface area contributed by atoms with E-state index in [2.05, 4.69) is 53.7 Å². The summed E-state index contributed by atoms with van der Waals surface area (Å²) in [5.74, 6) is 0.0384. The van der Waals surface area contributed by atoms with Gasteiger partial charge in [0.25, 0.3) is 5.91 Å². The first-order valence-corrected chi connectivity index (χ1v) is 8.85. The summed E-state index contributed by atoms with van der Waals surface area (Å²) in [6.07, 6.45) is 4.77. The Morgan fingerprint density at radius 1 is 1.04 bits per heavy atom. The van der Waals surface area contributed by atoms with Crippen molar-refractivity contribution in [3.8, 4) is 0 Å². The van der Waals surface area contributed by atoms with E-state index in [1.54, 1.807) is 0 Å². The molecule has 1 amide bonds. The maximum Gasteiger partial charge on any atom is 0.251 e. The molecule has 0 spiro atoms. The summed E-state index contributed by atoms with van der Waals surface area (Å²) >= 11 is 0. The van der Waals surface area contributed by atoms with E-state index >= 15 is 0 Å². The van der Waals surface area contributed by atoms with Crippen molar-refractivity contribution in [3.05, 3.63) is 70.8 Å². The second kappa shape index (κ2) is 8.11. The molecular formula is C21H26N2O. The smallest absolute Gasteiger partial charge is 0.251 e. The van der Waals surface area contributed by atoms with Crippen LogP contribution in [0.3, 0.4) is 0 Å². The Morgan fingerprint density at radius 3 is 2.58 bits per heavy atom. The number of carbonyl (C=O) groups is 1. The molecule has 1 N–H and O–H groups in total. The Balaban J connectivity index is 1.47. The molecule has 0 aromatic heterocycles. The van der Waals surface area contributed by atoms with Gasteiger partial charge in [-0.05, 0) is 61.6 Å². The number of nitrogens with zero attached hydrogens (tertiary/aromatic N) is 1. The van der Waals surface area contributed by atoms with E-state index in [1.807, 2.05) is 12.1 Å². The Hall–Kier alpha value is -2.13. The molecular weight excluding hydrogens is 296 g/mol. The van der Waals surface area contributed by atoms with Gasteiger partial charge in [0.15, 0.2) is 0 Å². The molecule has 0 atom stereocenters. The number of amides is 1. The van der Waals surface area contributed by atoms with Crippen molar-refractivity contribution in [2.24, 2.45) is 0 Å². The van der Waals surface area contributed by atoms with Crippen LogP contribution in [0.4, 0.5) is 0 Å². The SMILES string of the molecule is CN(CCNC(=O)c1ccc2c(c1)CCCC2)Cc1ccccc1. The molecule has 24 heavy (non-hydrogen) atoms. The molecule has 0 aliphatic heterocycles. The predicted octanol–water partition coefficient (Wildman–Crippen LogP) is 3.43. The van der Waals surface area contributed by atoms with Crippen LogP contribution in [0, 0.1) is 0 Å². The quantitative estimate of drug-likeness (QED) is 0.884. The van der Waals surface area contributed by atoms with Crippen LogP contribution in [-0.2, 0) is 19.4 Å². The first-order valence-electron chi connectivity index (χ1n) is 8.85. The van der Waals surface area contributed by atoms with E-state index in [-0.39, 0.29) is 5.91 Å². The molecule has 0 bridgehead atoms. The third kappa shape index (κ3) is 4.45. The van der Waals surface area contributed by atoms with Gasteiger partial charge in [-0.15, -0.1) is 0 Å². The average Bonchev–Trinajstić information content (AvgIpc) is 2.62. The van der Waals surface area contributed by atoms with Crippen LogP contribution in [0.2, 0.25) is 0 Å². The molecule has 2 aromatic rings. The molecule has 3 nitrogen and oxygen atoms in total.